The summed E-state index contributed by atoms with van der Waals surface area (Å²) in [6.07, 6.45) is 1.98. The van der Waals surface area contributed by atoms with Crippen LogP contribution in [0.1, 0.15) is 24.5 Å². The van der Waals surface area contributed by atoms with Gasteiger partial charge in [0.15, 0.2) is 0 Å². The molecule has 4 nitrogen and oxygen atoms in total. The molecule has 132 valence electrons. The van der Waals surface area contributed by atoms with Crippen LogP contribution >= 0.6 is 0 Å². The Morgan fingerprint density at radius 1 is 1.04 bits per heavy atom. The SMILES string of the molecule is CCCc1ccc(S(=O)(=O)NCC#CCOc2ccccc2C)cc1. The van der Waals surface area contributed by atoms with E-state index in [4.69, 9.17) is 4.74 Å². The maximum atomic E-state index is 12.2. The Morgan fingerprint density at radius 3 is 2.44 bits per heavy atom. The van der Waals surface area contributed by atoms with Gasteiger partial charge in [0.05, 0.1) is 11.4 Å². The maximum absolute atomic E-state index is 12.2. The van der Waals surface area contributed by atoms with E-state index in [1.54, 1.807) is 12.1 Å². The predicted octanol–water partition coefficient (Wildman–Crippen LogP) is 3.31. The molecule has 1 N–H and O–H groups in total. The van der Waals surface area contributed by atoms with Gasteiger partial charge in [-0.15, -0.1) is 0 Å². The fourth-order valence-electron chi connectivity index (χ4n) is 2.28. The molecule has 0 aliphatic rings. The average Bonchev–Trinajstić information content (AvgIpc) is 2.60. The second-order valence-electron chi connectivity index (χ2n) is 5.63. The highest BCUT2D eigenvalue weighted by atomic mass is 32.2. The van der Waals surface area contributed by atoms with Crippen molar-refractivity contribution in [3.63, 3.8) is 0 Å². The Labute approximate surface area is 150 Å². The van der Waals surface area contributed by atoms with Gasteiger partial charge in [0.25, 0.3) is 0 Å². The molecule has 2 aromatic rings. The normalized spacial score (nSPS) is 10.8. The molecule has 0 aliphatic heterocycles. The van der Waals surface area contributed by atoms with Crippen molar-refractivity contribution in [3.8, 4) is 17.6 Å². The molecule has 0 fully saturated rings. The molecular weight excluding hydrogens is 334 g/mol. The lowest BCUT2D eigenvalue weighted by Crippen LogP contribution is -2.24. The Morgan fingerprint density at radius 2 is 1.76 bits per heavy atom. The second kappa shape index (κ2) is 9.26. The molecule has 0 spiro atoms. The number of benzene rings is 2. The highest BCUT2D eigenvalue weighted by molar-refractivity contribution is 7.89. The summed E-state index contributed by atoms with van der Waals surface area (Å²) in [6.45, 7) is 4.32. The molecule has 0 amide bonds. The molecule has 0 aromatic heterocycles. The standard InChI is InChI=1S/C20H23NO3S/c1-3-8-18-11-13-19(14-12-18)25(22,23)21-15-6-7-16-24-20-10-5-4-9-17(20)2/h4-5,9-14,21H,3,8,15-16H2,1-2H3. The molecule has 2 rings (SSSR count). The van der Waals surface area contributed by atoms with E-state index in [2.05, 4.69) is 23.5 Å². The summed E-state index contributed by atoms with van der Waals surface area (Å²) in [4.78, 5) is 0.255. The van der Waals surface area contributed by atoms with Crippen LogP contribution in [-0.4, -0.2) is 21.6 Å². The second-order valence-corrected chi connectivity index (χ2v) is 7.39. The summed E-state index contributed by atoms with van der Waals surface area (Å²) in [5, 5.41) is 0. The van der Waals surface area contributed by atoms with Crippen LogP contribution in [0.15, 0.2) is 53.4 Å². The lowest BCUT2D eigenvalue weighted by Gasteiger charge is -2.05. The van der Waals surface area contributed by atoms with Gasteiger partial charge in [0, 0.05) is 0 Å². The van der Waals surface area contributed by atoms with Gasteiger partial charge in [-0.1, -0.05) is 55.5 Å². The number of aryl methyl sites for hydroxylation is 2. The minimum Gasteiger partial charge on any atom is -0.481 e. The van der Waals surface area contributed by atoms with E-state index in [1.807, 2.05) is 43.3 Å². The lowest BCUT2D eigenvalue weighted by molar-refractivity contribution is 0.367. The van der Waals surface area contributed by atoms with E-state index in [0.29, 0.717) is 0 Å². The third kappa shape index (κ3) is 5.93. The average molecular weight is 357 g/mol. The van der Waals surface area contributed by atoms with Gasteiger partial charge in [-0.25, -0.2) is 8.42 Å². The number of para-hydroxylation sites is 1. The third-order valence-corrected chi connectivity index (χ3v) is 5.06. The fourth-order valence-corrected chi connectivity index (χ4v) is 3.21. The largest absolute Gasteiger partial charge is 0.481 e. The molecule has 0 heterocycles. The first-order chi connectivity index (χ1) is 12.0. The summed E-state index contributed by atoms with van der Waals surface area (Å²) in [5.74, 6) is 6.36. The van der Waals surface area contributed by atoms with Crippen LogP contribution in [0.4, 0.5) is 0 Å². The van der Waals surface area contributed by atoms with Gasteiger partial charge in [0.2, 0.25) is 10.0 Å². The van der Waals surface area contributed by atoms with E-state index >= 15 is 0 Å². The fraction of sp³-hybridized carbons (Fsp3) is 0.300. The van der Waals surface area contributed by atoms with Gasteiger partial charge < -0.3 is 4.74 Å². The number of sulfonamides is 1. The zero-order chi connectivity index (χ0) is 18.1. The molecule has 0 radical (unpaired) electrons. The Kier molecular flexibility index (Phi) is 7.05. The summed E-state index contributed by atoms with van der Waals surface area (Å²) < 4.78 is 32.4. The Hall–Kier alpha value is -2.29. The summed E-state index contributed by atoms with van der Waals surface area (Å²) in [5.41, 5.74) is 2.17. The van der Waals surface area contributed by atoms with Crippen LogP contribution in [0.5, 0.6) is 5.75 Å². The number of ether oxygens (including phenoxy) is 1. The number of rotatable bonds is 7. The van der Waals surface area contributed by atoms with Crippen LogP contribution < -0.4 is 9.46 Å². The molecule has 0 bridgehead atoms. The van der Waals surface area contributed by atoms with Crippen molar-refractivity contribution in [1.29, 1.82) is 0 Å². The van der Waals surface area contributed by atoms with Gasteiger partial charge in [-0.3, -0.25) is 0 Å². The number of hydrogen-bond donors (Lipinski definition) is 1. The number of hydrogen-bond acceptors (Lipinski definition) is 3. The van der Waals surface area contributed by atoms with Crippen molar-refractivity contribution < 1.29 is 13.2 Å². The van der Waals surface area contributed by atoms with Crippen LogP contribution in [0.2, 0.25) is 0 Å². The first-order valence-electron chi connectivity index (χ1n) is 8.25. The van der Waals surface area contributed by atoms with E-state index < -0.39 is 10.0 Å². The molecule has 2 aromatic carbocycles. The monoisotopic (exact) mass is 357 g/mol. The topological polar surface area (TPSA) is 55.4 Å². The lowest BCUT2D eigenvalue weighted by atomic mass is 10.1. The molecular formula is C20H23NO3S. The molecule has 0 unspecified atom stereocenters. The van der Waals surface area contributed by atoms with Crippen molar-refractivity contribution in [2.24, 2.45) is 0 Å². The molecule has 0 aliphatic carbocycles. The van der Waals surface area contributed by atoms with Gasteiger partial charge in [0.1, 0.15) is 12.4 Å². The minimum atomic E-state index is -3.53. The third-order valence-electron chi connectivity index (χ3n) is 3.64. The molecule has 0 saturated carbocycles. The molecule has 0 saturated heterocycles. The van der Waals surface area contributed by atoms with E-state index in [1.165, 1.54) is 0 Å². The molecule has 25 heavy (non-hydrogen) atoms. The van der Waals surface area contributed by atoms with Crippen LogP contribution in [0.3, 0.4) is 0 Å². The van der Waals surface area contributed by atoms with Crippen LogP contribution in [0, 0.1) is 18.8 Å². The highest BCUT2D eigenvalue weighted by Gasteiger charge is 2.12. The van der Waals surface area contributed by atoms with Crippen molar-refractivity contribution in [2.75, 3.05) is 13.2 Å². The first kappa shape index (κ1) is 19.0. The Balaban J connectivity index is 1.83. The zero-order valence-electron chi connectivity index (χ0n) is 14.6. The minimum absolute atomic E-state index is 0.0518. The van der Waals surface area contributed by atoms with Crippen molar-refractivity contribution in [3.05, 3.63) is 59.7 Å². The van der Waals surface area contributed by atoms with E-state index in [0.717, 1.165) is 29.7 Å². The number of nitrogens with one attached hydrogen (secondary N) is 1. The molecule has 5 heteroatoms. The maximum Gasteiger partial charge on any atom is 0.241 e. The summed E-state index contributed by atoms with van der Waals surface area (Å²) in [7, 11) is -3.53. The van der Waals surface area contributed by atoms with Gasteiger partial charge >= 0.3 is 0 Å². The summed E-state index contributed by atoms with van der Waals surface area (Å²) >= 11 is 0. The first-order valence-corrected chi connectivity index (χ1v) is 9.74. The summed E-state index contributed by atoms with van der Waals surface area (Å²) in [6, 6.07) is 14.6. The molecule has 0 atom stereocenters. The van der Waals surface area contributed by atoms with Crippen molar-refractivity contribution in [2.45, 2.75) is 31.6 Å². The Bertz CT molecular complexity index is 847. The quantitative estimate of drug-likeness (QED) is 0.774. The smallest absolute Gasteiger partial charge is 0.241 e. The van der Waals surface area contributed by atoms with Crippen LogP contribution in [-0.2, 0) is 16.4 Å². The van der Waals surface area contributed by atoms with E-state index in [-0.39, 0.29) is 18.0 Å². The zero-order valence-corrected chi connectivity index (χ0v) is 15.4. The van der Waals surface area contributed by atoms with Crippen molar-refractivity contribution >= 4 is 10.0 Å². The van der Waals surface area contributed by atoms with Gasteiger partial charge in [-0.05, 0) is 42.7 Å². The predicted molar refractivity (Wildman–Crippen MR) is 100 cm³/mol. The van der Waals surface area contributed by atoms with Crippen molar-refractivity contribution in [1.82, 2.24) is 4.72 Å². The highest BCUT2D eigenvalue weighted by Crippen LogP contribution is 2.15. The van der Waals surface area contributed by atoms with E-state index in [9.17, 15) is 8.42 Å². The van der Waals surface area contributed by atoms with Crippen LogP contribution in [0.25, 0.3) is 0 Å². The van der Waals surface area contributed by atoms with Gasteiger partial charge in [-0.2, -0.15) is 4.72 Å².